The minimum Gasteiger partial charge on any atom is -0.455 e. The Kier molecular flexibility index (Phi) is 5.86. The summed E-state index contributed by atoms with van der Waals surface area (Å²) in [6, 6.07) is 10.2. The molecular formula is C23H21ClN4O3. The SMILES string of the molecule is Cc1cccnc1NC(=O)c1oc2c(c1C)/C(=N/NC(=O)c1ccc(Cl)cc1)CCC2. The van der Waals surface area contributed by atoms with Crippen LogP contribution in [0, 0.1) is 13.8 Å². The van der Waals surface area contributed by atoms with Crippen LogP contribution >= 0.6 is 11.6 Å². The fourth-order valence-corrected chi connectivity index (χ4v) is 3.69. The molecule has 0 atom stereocenters. The molecule has 0 saturated heterocycles. The predicted molar refractivity (Wildman–Crippen MR) is 119 cm³/mol. The number of furan rings is 1. The molecule has 158 valence electrons. The van der Waals surface area contributed by atoms with E-state index in [1.165, 1.54) is 0 Å². The van der Waals surface area contributed by atoms with Gasteiger partial charge in [-0.1, -0.05) is 17.7 Å². The van der Waals surface area contributed by atoms with Gasteiger partial charge in [0.05, 0.1) is 5.71 Å². The van der Waals surface area contributed by atoms with E-state index in [1.807, 2.05) is 26.0 Å². The lowest BCUT2D eigenvalue weighted by Crippen LogP contribution is -2.22. The highest BCUT2D eigenvalue weighted by atomic mass is 35.5. The van der Waals surface area contributed by atoms with Gasteiger partial charge in [-0.3, -0.25) is 9.59 Å². The van der Waals surface area contributed by atoms with Crippen LogP contribution in [0.25, 0.3) is 0 Å². The van der Waals surface area contributed by atoms with Crippen LogP contribution in [0.4, 0.5) is 5.82 Å². The highest BCUT2D eigenvalue weighted by Gasteiger charge is 2.28. The maximum Gasteiger partial charge on any atom is 0.292 e. The molecule has 4 rings (SSSR count). The van der Waals surface area contributed by atoms with Crippen LogP contribution in [-0.4, -0.2) is 22.5 Å². The number of benzene rings is 1. The third-order valence-electron chi connectivity index (χ3n) is 5.17. The summed E-state index contributed by atoms with van der Waals surface area (Å²) >= 11 is 5.87. The largest absolute Gasteiger partial charge is 0.455 e. The van der Waals surface area contributed by atoms with E-state index in [0.717, 1.165) is 17.5 Å². The van der Waals surface area contributed by atoms with Crippen LogP contribution in [0.3, 0.4) is 0 Å². The Bertz CT molecular complexity index is 1180. The number of carbonyl (C=O) groups is 2. The van der Waals surface area contributed by atoms with Gasteiger partial charge in [-0.15, -0.1) is 0 Å². The summed E-state index contributed by atoms with van der Waals surface area (Å²) in [4.78, 5) is 29.4. The van der Waals surface area contributed by atoms with Crippen LogP contribution < -0.4 is 10.7 Å². The van der Waals surface area contributed by atoms with Gasteiger partial charge >= 0.3 is 0 Å². The fraction of sp³-hybridized carbons (Fsp3) is 0.217. The first-order valence-corrected chi connectivity index (χ1v) is 10.3. The van der Waals surface area contributed by atoms with Gasteiger partial charge in [0.15, 0.2) is 5.76 Å². The second-order valence-electron chi connectivity index (χ2n) is 7.34. The highest BCUT2D eigenvalue weighted by Crippen LogP contribution is 2.30. The van der Waals surface area contributed by atoms with Crippen LogP contribution in [0.2, 0.25) is 5.02 Å². The third-order valence-corrected chi connectivity index (χ3v) is 5.42. The third kappa shape index (κ3) is 4.36. The zero-order valence-corrected chi connectivity index (χ0v) is 17.9. The normalized spacial score (nSPS) is 14.2. The van der Waals surface area contributed by atoms with Gasteiger partial charge in [0.2, 0.25) is 0 Å². The first-order valence-electron chi connectivity index (χ1n) is 9.92. The molecule has 0 spiro atoms. The van der Waals surface area contributed by atoms with E-state index in [1.54, 1.807) is 30.5 Å². The number of hydrogen-bond donors (Lipinski definition) is 2. The van der Waals surface area contributed by atoms with E-state index in [-0.39, 0.29) is 17.6 Å². The topological polar surface area (TPSA) is 96.6 Å². The smallest absolute Gasteiger partial charge is 0.292 e. The lowest BCUT2D eigenvalue weighted by molar-refractivity contribution is 0.0953. The second-order valence-corrected chi connectivity index (χ2v) is 7.77. The molecule has 0 aliphatic heterocycles. The molecule has 2 heterocycles. The fourth-order valence-electron chi connectivity index (χ4n) is 3.56. The summed E-state index contributed by atoms with van der Waals surface area (Å²) in [5, 5.41) is 7.69. The van der Waals surface area contributed by atoms with Gasteiger partial charge < -0.3 is 9.73 Å². The molecule has 31 heavy (non-hydrogen) atoms. The summed E-state index contributed by atoms with van der Waals surface area (Å²) in [5.41, 5.74) is 6.08. The van der Waals surface area contributed by atoms with E-state index >= 15 is 0 Å². The van der Waals surface area contributed by atoms with Gasteiger partial charge in [-0.05, 0) is 62.6 Å². The van der Waals surface area contributed by atoms with Gasteiger partial charge in [0.1, 0.15) is 11.6 Å². The number of nitrogens with zero attached hydrogens (tertiary/aromatic N) is 2. The van der Waals surface area contributed by atoms with E-state index < -0.39 is 0 Å². The van der Waals surface area contributed by atoms with Crippen molar-refractivity contribution in [1.82, 2.24) is 10.4 Å². The lowest BCUT2D eigenvalue weighted by Gasteiger charge is -2.13. The maximum absolute atomic E-state index is 12.8. The molecule has 3 aromatic rings. The molecule has 2 amide bonds. The van der Waals surface area contributed by atoms with Gasteiger partial charge in [0, 0.05) is 34.3 Å². The van der Waals surface area contributed by atoms with Crippen molar-refractivity contribution >= 4 is 34.9 Å². The molecule has 2 aromatic heterocycles. The highest BCUT2D eigenvalue weighted by molar-refractivity contribution is 6.30. The summed E-state index contributed by atoms with van der Waals surface area (Å²) in [6.07, 6.45) is 3.82. The molecule has 0 unspecified atom stereocenters. The summed E-state index contributed by atoms with van der Waals surface area (Å²) in [5.74, 6) is 0.726. The molecule has 1 aromatic carbocycles. The molecule has 1 aliphatic carbocycles. The van der Waals surface area contributed by atoms with Crippen molar-refractivity contribution in [2.24, 2.45) is 5.10 Å². The monoisotopic (exact) mass is 436 g/mol. The number of pyridine rings is 1. The van der Waals surface area contributed by atoms with Crippen LogP contribution in [0.15, 0.2) is 52.1 Å². The average Bonchev–Trinajstić information content (AvgIpc) is 3.11. The number of amides is 2. The molecule has 0 fully saturated rings. The Hall–Kier alpha value is -3.45. The molecular weight excluding hydrogens is 416 g/mol. The van der Waals surface area contributed by atoms with E-state index in [2.05, 4.69) is 20.8 Å². The second kappa shape index (κ2) is 8.73. The summed E-state index contributed by atoms with van der Waals surface area (Å²) < 4.78 is 5.90. The Balaban J connectivity index is 1.57. The molecule has 2 N–H and O–H groups in total. The molecule has 1 aliphatic rings. The number of anilines is 1. The molecule has 0 radical (unpaired) electrons. The number of hydrogen-bond acceptors (Lipinski definition) is 5. The molecule has 8 heteroatoms. The van der Waals surface area contributed by atoms with E-state index in [4.69, 9.17) is 16.0 Å². The van der Waals surface area contributed by atoms with Gasteiger partial charge in [0.25, 0.3) is 11.8 Å². The molecule has 0 saturated carbocycles. The van der Waals surface area contributed by atoms with Crippen molar-refractivity contribution in [3.8, 4) is 0 Å². The Labute approximate surface area is 184 Å². The number of hydrazone groups is 1. The van der Waals surface area contributed by atoms with Crippen LogP contribution in [-0.2, 0) is 6.42 Å². The summed E-state index contributed by atoms with van der Waals surface area (Å²) in [7, 11) is 0. The van der Waals surface area contributed by atoms with Crippen LogP contribution in [0.5, 0.6) is 0 Å². The van der Waals surface area contributed by atoms with Crippen molar-refractivity contribution in [3.05, 3.63) is 81.4 Å². The Morgan fingerprint density at radius 2 is 1.87 bits per heavy atom. The number of carbonyl (C=O) groups excluding carboxylic acids is 2. The predicted octanol–water partition coefficient (Wildman–Crippen LogP) is 4.67. The summed E-state index contributed by atoms with van der Waals surface area (Å²) in [6.45, 7) is 3.70. The quantitative estimate of drug-likeness (QED) is 0.581. The number of aromatic nitrogens is 1. The van der Waals surface area contributed by atoms with Crippen molar-refractivity contribution in [1.29, 1.82) is 0 Å². The lowest BCUT2D eigenvalue weighted by atomic mass is 9.93. The number of aryl methyl sites for hydroxylation is 2. The number of fused-ring (bicyclic) bond motifs is 1. The molecule has 7 nitrogen and oxygen atoms in total. The first kappa shape index (κ1) is 20.8. The van der Waals surface area contributed by atoms with E-state index in [9.17, 15) is 9.59 Å². The molecule has 0 bridgehead atoms. The Morgan fingerprint density at radius 1 is 1.10 bits per heavy atom. The van der Waals surface area contributed by atoms with Crippen molar-refractivity contribution in [2.75, 3.05) is 5.32 Å². The van der Waals surface area contributed by atoms with Crippen LogP contribution in [0.1, 0.15) is 56.2 Å². The minimum absolute atomic E-state index is 0.230. The first-order chi connectivity index (χ1) is 14.9. The van der Waals surface area contributed by atoms with Crippen molar-refractivity contribution in [3.63, 3.8) is 0 Å². The van der Waals surface area contributed by atoms with Gasteiger partial charge in [-0.25, -0.2) is 10.4 Å². The van der Waals surface area contributed by atoms with E-state index in [0.29, 0.717) is 46.3 Å². The zero-order chi connectivity index (χ0) is 22.0. The van der Waals surface area contributed by atoms with Gasteiger partial charge in [-0.2, -0.15) is 5.10 Å². The van der Waals surface area contributed by atoms with Crippen molar-refractivity contribution in [2.45, 2.75) is 33.1 Å². The van der Waals surface area contributed by atoms with Crippen molar-refractivity contribution < 1.29 is 14.0 Å². The zero-order valence-electron chi connectivity index (χ0n) is 17.2. The number of rotatable bonds is 4. The number of halogens is 1. The average molecular weight is 437 g/mol. The Morgan fingerprint density at radius 3 is 2.61 bits per heavy atom. The maximum atomic E-state index is 12.8. The minimum atomic E-state index is -0.363. The number of nitrogens with one attached hydrogen (secondary N) is 2. The standard InChI is InChI=1S/C23H21ClN4O3/c1-13-5-4-12-25-21(13)26-23(30)20-14(2)19-17(6-3-7-18(19)31-20)27-28-22(29)15-8-10-16(24)11-9-15/h4-5,8-12H,3,6-7H2,1-2H3,(H,28,29)(H,25,26,30)/b27-17+.